The minimum atomic E-state index is 0.0851. The van der Waals surface area contributed by atoms with Gasteiger partial charge in [-0.05, 0) is 37.5 Å². The molecule has 0 saturated carbocycles. The van der Waals surface area contributed by atoms with Gasteiger partial charge in [0.15, 0.2) is 0 Å². The lowest BCUT2D eigenvalue weighted by atomic mass is 10.1. The van der Waals surface area contributed by atoms with E-state index in [0.29, 0.717) is 0 Å². The lowest BCUT2D eigenvalue weighted by Crippen LogP contribution is -2.34. The minimum absolute atomic E-state index is 0.0851. The maximum atomic E-state index is 12.0. The number of carbonyl (C=O) groups is 1. The van der Waals surface area contributed by atoms with Gasteiger partial charge in [-0.3, -0.25) is 4.79 Å². The van der Waals surface area contributed by atoms with Crippen molar-refractivity contribution < 1.29 is 14.3 Å². The third-order valence-electron chi connectivity index (χ3n) is 3.73. The molecule has 1 aromatic rings. The van der Waals surface area contributed by atoms with Gasteiger partial charge in [-0.2, -0.15) is 0 Å². The summed E-state index contributed by atoms with van der Waals surface area (Å²) in [6.07, 6.45) is 10.6. The van der Waals surface area contributed by atoms with E-state index in [-0.39, 0.29) is 5.91 Å². The molecule has 1 amide bonds. The first-order chi connectivity index (χ1) is 10.7. The van der Waals surface area contributed by atoms with Crippen LogP contribution >= 0.6 is 0 Å². The SMILES string of the molecule is COc1ccc(OC)c(/C=C/C=C/C(=O)N2CCCCC2)c1. The van der Waals surface area contributed by atoms with Crippen LogP contribution in [0, 0.1) is 0 Å². The first-order valence-corrected chi connectivity index (χ1v) is 7.60. The molecule has 0 atom stereocenters. The summed E-state index contributed by atoms with van der Waals surface area (Å²) in [6, 6.07) is 5.61. The normalized spacial score (nSPS) is 15.5. The number of hydrogen-bond donors (Lipinski definition) is 0. The molecule has 4 nitrogen and oxygen atoms in total. The average molecular weight is 301 g/mol. The first-order valence-electron chi connectivity index (χ1n) is 7.60. The van der Waals surface area contributed by atoms with Crippen molar-refractivity contribution in [3.63, 3.8) is 0 Å². The number of piperidine rings is 1. The molecule has 0 unspecified atom stereocenters. The predicted molar refractivity (Wildman–Crippen MR) is 88.2 cm³/mol. The Hall–Kier alpha value is -2.23. The highest BCUT2D eigenvalue weighted by molar-refractivity contribution is 5.88. The fourth-order valence-corrected chi connectivity index (χ4v) is 2.49. The number of nitrogens with zero attached hydrogens (tertiary/aromatic N) is 1. The summed E-state index contributed by atoms with van der Waals surface area (Å²) in [5.41, 5.74) is 0.914. The van der Waals surface area contributed by atoms with Gasteiger partial charge >= 0.3 is 0 Å². The summed E-state index contributed by atoms with van der Waals surface area (Å²) in [5, 5.41) is 0. The molecule has 1 fully saturated rings. The molecule has 0 radical (unpaired) electrons. The molecule has 0 spiro atoms. The van der Waals surface area contributed by atoms with Crippen molar-refractivity contribution in [2.45, 2.75) is 19.3 Å². The Labute approximate surface area is 132 Å². The third-order valence-corrected chi connectivity index (χ3v) is 3.73. The van der Waals surface area contributed by atoms with E-state index >= 15 is 0 Å². The van der Waals surface area contributed by atoms with Crippen LogP contribution in [0.5, 0.6) is 11.5 Å². The minimum Gasteiger partial charge on any atom is -0.497 e. The fraction of sp³-hybridized carbons (Fsp3) is 0.389. The molecule has 2 rings (SSSR count). The van der Waals surface area contributed by atoms with Gasteiger partial charge < -0.3 is 14.4 Å². The van der Waals surface area contributed by atoms with Gasteiger partial charge in [-0.1, -0.05) is 18.2 Å². The van der Waals surface area contributed by atoms with E-state index in [1.54, 1.807) is 26.4 Å². The van der Waals surface area contributed by atoms with E-state index < -0.39 is 0 Å². The molecular formula is C18H23NO3. The van der Waals surface area contributed by atoms with Crippen molar-refractivity contribution in [2.75, 3.05) is 27.3 Å². The largest absolute Gasteiger partial charge is 0.497 e. The number of hydrogen-bond acceptors (Lipinski definition) is 3. The van der Waals surface area contributed by atoms with Crippen LogP contribution in [0.25, 0.3) is 6.08 Å². The highest BCUT2D eigenvalue weighted by atomic mass is 16.5. The van der Waals surface area contributed by atoms with Crippen molar-refractivity contribution in [3.8, 4) is 11.5 Å². The summed E-state index contributed by atoms with van der Waals surface area (Å²) in [6.45, 7) is 1.74. The quantitative estimate of drug-likeness (QED) is 0.619. The zero-order valence-corrected chi connectivity index (χ0v) is 13.2. The zero-order chi connectivity index (χ0) is 15.8. The summed E-state index contributed by atoms with van der Waals surface area (Å²) in [7, 11) is 3.27. The summed E-state index contributed by atoms with van der Waals surface area (Å²) in [5.74, 6) is 1.63. The Balaban J connectivity index is 1.99. The van der Waals surface area contributed by atoms with E-state index in [1.807, 2.05) is 35.3 Å². The molecule has 0 aromatic heterocycles. The topological polar surface area (TPSA) is 38.8 Å². The number of rotatable bonds is 5. The number of amides is 1. The van der Waals surface area contributed by atoms with Gasteiger partial charge in [0.05, 0.1) is 14.2 Å². The van der Waals surface area contributed by atoms with Crippen LogP contribution in [-0.2, 0) is 4.79 Å². The molecule has 1 aromatic carbocycles. The monoisotopic (exact) mass is 301 g/mol. The predicted octanol–water partition coefficient (Wildman–Crippen LogP) is 3.29. The number of benzene rings is 1. The van der Waals surface area contributed by atoms with Crippen LogP contribution in [-0.4, -0.2) is 38.1 Å². The van der Waals surface area contributed by atoms with Crippen LogP contribution in [0.15, 0.2) is 36.4 Å². The Kier molecular flexibility index (Phi) is 6.07. The van der Waals surface area contributed by atoms with Gasteiger partial charge in [0.25, 0.3) is 0 Å². The summed E-state index contributed by atoms with van der Waals surface area (Å²) < 4.78 is 10.5. The second kappa shape index (κ2) is 8.27. The molecule has 0 bridgehead atoms. The van der Waals surface area contributed by atoms with Crippen molar-refractivity contribution in [3.05, 3.63) is 42.0 Å². The maximum Gasteiger partial charge on any atom is 0.246 e. The third kappa shape index (κ3) is 4.38. The number of methoxy groups -OCH3 is 2. The average Bonchev–Trinajstić information content (AvgIpc) is 2.59. The molecule has 22 heavy (non-hydrogen) atoms. The molecular weight excluding hydrogens is 278 g/mol. The zero-order valence-electron chi connectivity index (χ0n) is 13.2. The summed E-state index contributed by atoms with van der Waals surface area (Å²) >= 11 is 0. The van der Waals surface area contributed by atoms with Gasteiger partial charge in [-0.15, -0.1) is 0 Å². The number of carbonyl (C=O) groups excluding carboxylic acids is 1. The number of ether oxygens (including phenoxy) is 2. The molecule has 1 saturated heterocycles. The molecule has 1 heterocycles. The van der Waals surface area contributed by atoms with Crippen LogP contribution in [0.1, 0.15) is 24.8 Å². The maximum absolute atomic E-state index is 12.0. The molecule has 0 N–H and O–H groups in total. The summed E-state index contributed by atoms with van der Waals surface area (Å²) in [4.78, 5) is 13.9. The standard InChI is InChI=1S/C18H23NO3/c1-21-16-10-11-17(22-2)15(14-16)8-4-5-9-18(20)19-12-6-3-7-13-19/h4-5,8-11,14H,3,6-7,12-13H2,1-2H3/b8-4+,9-5+. The van der Waals surface area contributed by atoms with E-state index in [9.17, 15) is 4.79 Å². The fourth-order valence-electron chi connectivity index (χ4n) is 2.49. The molecule has 118 valence electrons. The Morgan fingerprint density at radius 1 is 1.09 bits per heavy atom. The first kappa shape index (κ1) is 16.1. The van der Waals surface area contributed by atoms with Gasteiger partial charge in [0.2, 0.25) is 5.91 Å². The lowest BCUT2D eigenvalue weighted by Gasteiger charge is -2.25. The van der Waals surface area contributed by atoms with Crippen molar-refractivity contribution in [2.24, 2.45) is 0 Å². The van der Waals surface area contributed by atoms with Crippen molar-refractivity contribution in [1.29, 1.82) is 0 Å². The van der Waals surface area contributed by atoms with E-state index in [1.165, 1.54) is 6.42 Å². The van der Waals surface area contributed by atoms with Crippen molar-refractivity contribution >= 4 is 12.0 Å². The van der Waals surface area contributed by atoms with Crippen LogP contribution in [0.2, 0.25) is 0 Å². The van der Waals surface area contributed by atoms with E-state index in [0.717, 1.165) is 43.0 Å². The molecule has 4 heteroatoms. The number of likely N-dealkylation sites (tertiary alicyclic amines) is 1. The molecule has 1 aliphatic rings. The Bertz CT molecular complexity index is 557. The van der Waals surface area contributed by atoms with Gasteiger partial charge in [0, 0.05) is 24.7 Å². The highest BCUT2D eigenvalue weighted by Gasteiger charge is 2.13. The highest BCUT2D eigenvalue weighted by Crippen LogP contribution is 2.25. The lowest BCUT2D eigenvalue weighted by molar-refractivity contribution is -0.126. The van der Waals surface area contributed by atoms with Crippen LogP contribution < -0.4 is 9.47 Å². The molecule has 0 aliphatic carbocycles. The van der Waals surface area contributed by atoms with Crippen LogP contribution in [0.3, 0.4) is 0 Å². The Morgan fingerprint density at radius 2 is 1.86 bits per heavy atom. The van der Waals surface area contributed by atoms with Gasteiger partial charge in [-0.25, -0.2) is 0 Å². The second-order valence-electron chi connectivity index (χ2n) is 5.21. The van der Waals surface area contributed by atoms with Gasteiger partial charge in [0.1, 0.15) is 11.5 Å². The Morgan fingerprint density at radius 3 is 2.55 bits per heavy atom. The number of allylic oxidation sites excluding steroid dienone is 2. The van der Waals surface area contributed by atoms with E-state index in [2.05, 4.69) is 0 Å². The van der Waals surface area contributed by atoms with E-state index in [4.69, 9.17) is 9.47 Å². The van der Waals surface area contributed by atoms with Crippen LogP contribution in [0.4, 0.5) is 0 Å². The molecule has 1 aliphatic heterocycles. The smallest absolute Gasteiger partial charge is 0.246 e. The van der Waals surface area contributed by atoms with Crippen molar-refractivity contribution in [1.82, 2.24) is 4.90 Å². The second-order valence-corrected chi connectivity index (χ2v) is 5.21.